The number of thioether (sulfide) groups is 1. The molecule has 0 aliphatic heterocycles. The second kappa shape index (κ2) is 8.96. The molecular formula is C19H19N3O3S2. The Labute approximate surface area is 165 Å². The van der Waals surface area contributed by atoms with Gasteiger partial charge in [-0.25, -0.2) is 9.97 Å². The predicted molar refractivity (Wildman–Crippen MR) is 106 cm³/mol. The first-order valence-corrected chi connectivity index (χ1v) is 10.3. The molecule has 0 unspecified atom stereocenters. The molecule has 3 aromatic rings. The number of carbonyl (C=O) groups excluding carboxylic acids is 2. The van der Waals surface area contributed by atoms with Gasteiger partial charge in [-0.1, -0.05) is 17.8 Å². The van der Waals surface area contributed by atoms with Crippen LogP contribution in [0.25, 0.3) is 11.6 Å². The molecule has 0 fully saturated rings. The molecule has 0 aromatic carbocycles. The van der Waals surface area contributed by atoms with Crippen molar-refractivity contribution in [1.82, 2.24) is 15.3 Å². The predicted octanol–water partition coefficient (Wildman–Crippen LogP) is 3.76. The molecule has 0 radical (unpaired) electrons. The number of thiophene rings is 1. The number of rotatable bonds is 8. The van der Waals surface area contributed by atoms with Crippen LogP contribution in [0.2, 0.25) is 0 Å². The molecule has 1 N–H and O–H groups in total. The second-order valence-corrected chi connectivity index (χ2v) is 7.81. The van der Waals surface area contributed by atoms with E-state index in [0.717, 1.165) is 6.42 Å². The third kappa shape index (κ3) is 5.05. The quantitative estimate of drug-likeness (QED) is 0.351. The first-order valence-electron chi connectivity index (χ1n) is 8.40. The van der Waals surface area contributed by atoms with Gasteiger partial charge in [0.1, 0.15) is 5.03 Å². The summed E-state index contributed by atoms with van der Waals surface area (Å²) in [6.07, 6.45) is 2.35. The molecule has 140 valence electrons. The fourth-order valence-corrected chi connectivity index (χ4v) is 4.20. The average molecular weight is 402 g/mol. The number of aryl methyl sites for hydroxylation is 1. The second-order valence-electron chi connectivity index (χ2n) is 5.81. The number of Topliss-reactive ketones (excluding diaryl/α,β-unsaturated/α-hetero) is 1. The number of aromatic nitrogens is 2. The van der Waals surface area contributed by atoms with Crippen LogP contribution in [0.4, 0.5) is 0 Å². The minimum absolute atomic E-state index is 0.0955. The lowest BCUT2D eigenvalue weighted by atomic mass is 10.2. The number of hydrogen-bond acceptors (Lipinski definition) is 7. The molecule has 0 atom stereocenters. The molecule has 0 saturated carbocycles. The Morgan fingerprint density at radius 1 is 1.26 bits per heavy atom. The van der Waals surface area contributed by atoms with Gasteiger partial charge in [0.2, 0.25) is 5.91 Å². The molecule has 3 aromatic heterocycles. The summed E-state index contributed by atoms with van der Waals surface area (Å²) in [5.74, 6) is 0.887. The summed E-state index contributed by atoms with van der Waals surface area (Å²) in [4.78, 5) is 34.2. The van der Waals surface area contributed by atoms with Gasteiger partial charge in [-0.2, -0.15) is 0 Å². The first-order chi connectivity index (χ1) is 13.0. The molecule has 3 rings (SSSR count). The van der Waals surface area contributed by atoms with E-state index < -0.39 is 0 Å². The van der Waals surface area contributed by atoms with Gasteiger partial charge in [-0.05, 0) is 43.8 Å². The van der Waals surface area contributed by atoms with E-state index >= 15 is 0 Å². The standard InChI is InChI=1S/C19H19N3O3S2/c1-12-17(13(2)23)19(22-18(21-12)15-6-3-9-25-15)27-11-16(24)20-8-7-14-5-4-10-26-14/h3-6,9-10H,7-8,11H2,1-2H3,(H,20,24). The Balaban J connectivity index is 1.67. The number of carbonyl (C=O) groups is 2. The van der Waals surface area contributed by atoms with E-state index in [1.807, 2.05) is 17.5 Å². The minimum Gasteiger partial charge on any atom is -0.461 e. The van der Waals surface area contributed by atoms with Gasteiger partial charge in [0.25, 0.3) is 0 Å². The summed E-state index contributed by atoms with van der Waals surface area (Å²) in [6.45, 7) is 3.82. The van der Waals surface area contributed by atoms with Crippen LogP contribution >= 0.6 is 23.1 Å². The zero-order chi connectivity index (χ0) is 19.2. The molecule has 8 heteroatoms. The Morgan fingerprint density at radius 3 is 2.78 bits per heavy atom. The van der Waals surface area contributed by atoms with Crippen LogP contribution in [-0.2, 0) is 11.2 Å². The van der Waals surface area contributed by atoms with E-state index in [0.29, 0.717) is 34.4 Å². The van der Waals surface area contributed by atoms with Crippen LogP contribution in [0.3, 0.4) is 0 Å². The Hall–Kier alpha value is -2.45. The lowest BCUT2D eigenvalue weighted by Crippen LogP contribution is -2.27. The fourth-order valence-electron chi connectivity index (χ4n) is 2.54. The number of furan rings is 1. The van der Waals surface area contributed by atoms with Crippen LogP contribution in [0.15, 0.2) is 45.4 Å². The number of nitrogens with zero attached hydrogens (tertiary/aromatic N) is 2. The van der Waals surface area contributed by atoms with Gasteiger partial charge in [-0.15, -0.1) is 11.3 Å². The normalized spacial score (nSPS) is 10.7. The molecule has 0 saturated heterocycles. The van der Waals surface area contributed by atoms with Crippen molar-refractivity contribution in [2.45, 2.75) is 25.3 Å². The van der Waals surface area contributed by atoms with E-state index in [1.54, 1.807) is 36.7 Å². The maximum atomic E-state index is 12.1. The topological polar surface area (TPSA) is 85.1 Å². The van der Waals surface area contributed by atoms with Crippen LogP contribution in [0.5, 0.6) is 0 Å². The molecule has 3 heterocycles. The summed E-state index contributed by atoms with van der Waals surface area (Å²) in [5.41, 5.74) is 1.02. The summed E-state index contributed by atoms with van der Waals surface area (Å²) >= 11 is 2.91. The van der Waals surface area contributed by atoms with Crippen LogP contribution in [0.1, 0.15) is 27.9 Å². The third-order valence-corrected chi connectivity index (χ3v) is 5.68. The zero-order valence-corrected chi connectivity index (χ0v) is 16.7. The average Bonchev–Trinajstić information content (AvgIpc) is 3.33. The van der Waals surface area contributed by atoms with Crippen molar-refractivity contribution in [3.63, 3.8) is 0 Å². The molecule has 0 aliphatic carbocycles. The van der Waals surface area contributed by atoms with Gasteiger partial charge in [0.15, 0.2) is 17.4 Å². The maximum Gasteiger partial charge on any atom is 0.230 e. The van der Waals surface area contributed by atoms with Crippen molar-refractivity contribution in [2.75, 3.05) is 12.3 Å². The van der Waals surface area contributed by atoms with Gasteiger partial charge in [-0.3, -0.25) is 9.59 Å². The minimum atomic E-state index is -0.126. The van der Waals surface area contributed by atoms with Crippen LogP contribution < -0.4 is 5.32 Å². The maximum absolute atomic E-state index is 12.1. The zero-order valence-electron chi connectivity index (χ0n) is 15.0. The monoisotopic (exact) mass is 401 g/mol. The summed E-state index contributed by atoms with van der Waals surface area (Å²) in [5, 5.41) is 5.41. The van der Waals surface area contributed by atoms with Gasteiger partial charge < -0.3 is 9.73 Å². The number of ketones is 1. The lowest BCUT2D eigenvalue weighted by Gasteiger charge is -2.10. The molecular weight excluding hydrogens is 382 g/mol. The highest BCUT2D eigenvalue weighted by Gasteiger charge is 2.18. The van der Waals surface area contributed by atoms with Gasteiger partial charge in [0, 0.05) is 11.4 Å². The van der Waals surface area contributed by atoms with E-state index in [9.17, 15) is 9.59 Å². The smallest absolute Gasteiger partial charge is 0.230 e. The van der Waals surface area contributed by atoms with Crippen molar-refractivity contribution in [3.05, 3.63) is 52.0 Å². The molecule has 0 aliphatic rings. The fraction of sp³-hybridized carbons (Fsp3) is 0.263. The summed E-state index contributed by atoms with van der Waals surface area (Å²) < 4.78 is 5.35. The number of nitrogens with one attached hydrogen (secondary N) is 1. The summed E-state index contributed by atoms with van der Waals surface area (Å²) in [7, 11) is 0. The summed E-state index contributed by atoms with van der Waals surface area (Å²) in [6, 6.07) is 7.55. The van der Waals surface area contributed by atoms with E-state index in [-0.39, 0.29) is 17.4 Å². The van der Waals surface area contributed by atoms with Gasteiger partial charge >= 0.3 is 0 Å². The van der Waals surface area contributed by atoms with Crippen LogP contribution in [-0.4, -0.2) is 34.0 Å². The van der Waals surface area contributed by atoms with Crippen molar-refractivity contribution in [1.29, 1.82) is 0 Å². The first kappa shape index (κ1) is 19.3. The van der Waals surface area contributed by atoms with Crippen molar-refractivity contribution >= 4 is 34.8 Å². The Bertz CT molecular complexity index is 922. The largest absolute Gasteiger partial charge is 0.461 e. The van der Waals surface area contributed by atoms with Crippen molar-refractivity contribution in [2.24, 2.45) is 0 Å². The van der Waals surface area contributed by atoms with Gasteiger partial charge in [0.05, 0.1) is 23.3 Å². The van der Waals surface area contributed by atoms with E-state index in [2.05, 4.69) is 15.3 Å². The van der Waals surface area contributed by atoms with Crippen LogP contribution in [0, 0.1) is 6.92 Å². The van der Waals surface area contributed by atoms with E-state index in [4.69, 9.17) is 4.42 Å². The highest BCUT2D eigenvalue weighted by Crippen LogP contribution is 2.26. The van der Waals surface area contributed by atoms with Crippen molar-refractivity contribution in [3.8, 4) is 11.6 Å². The Kier molecular flexibility index (Phi) is 6.41. The SMILES string of the molecule is CC(=O)c1c(C)nc(-c2ccco2)nc1SCC(=O)NCCc1cccs1. The highest BCUT2D eigenvalue weighted by atomic mass is 32.2. The molecule has 1 amide bonds. The lowest BCUT2D eigenvalue weighted by molar-refractivity contribution is -0.118. The molecule has 0 spiro atoms. The molecule has 6 nitrogen and oxygen atoms in total. The van der Waals surface area contributed by atoms with E-state index in [1.165, 1.54) is 23.6 Å². The third-order valence-electron chi connectivity index (χ3n) is 3.76. The molecule has 0 bridgehead atoms. The van der Waals surface area contributed by atoms with Crippen molar-refractivity contribution < 1.29 is 14.0 Å². The molecule has 27 heavy (non-hydrogen) atoms. The highest BCUT2D eigenvalue weighted by molar-refractivity contribution is 8.00. The number of amides is 1. The Morgan fingerprint density at radius 2 is 2.11 bits per heavy atom. The number of hydrogen-bond donors (Lipinski definition) is 1.